The zero-order chi connectivity index (χ0) is 16.1. The number of benzene rings is 2. The van der Waals surface area contributed by atoms with E-state index < -0.39 is 0 Å². The van der Waals surface area contributed by atoms with Crippen molar-refractivity contribution in [1.29, 1.82) is 0 Å². The van der Waals surface area contributed by atoms with Crippen LogP contribution in [0, 0.1) is 17.4 Å². The van der Waals surface area contributed by atoms with Crippen LogP contribution < -0.4 is 15.4 Å². The molecule has 0 atom stereocenters. The number of carbonyl (C=O) groups excluding carboxylic acids is 1. The van der Waals surface area contributed by atoms with Crippen LogP contribution in [0.2, 0.25) is 0 Å². The van der Waals surface area contributed by atoms with E-state index in [0.717, 1.165) is 26.1 Å². The smallest absolute Gasteiger partial charge is 0.318 e. The first-order valence-corrected chi connectivity index (χ1v) is 8.04. The fraction of sp³-hybridized carbons (Fsp3) is 0.235. The van der Waals surface area contributed by atoms with Crippen LogP contribution in [0.4, 0.5) is 10.5 Å². The first-order valence-electron chi connectivity index (χ1n) is 6.97. The summed E-state index contributed by atoms with van der Waals surface area (Å²) in [6, 6.07) is 11.7. The molecule has 2 aromatic carbocycles. The van der Waals surface area contributed by atoms with Crippen molar-refractivity contribution in [3.8, 4) is 5.75 Å². The Bertz CT molecular complexity index is 686. The average Bonchev–Trinajstić information content (AvgIpc) is 2.48. The lowest BCUT2D eigenvalue weighted by atomic mass is 10.1. The zero-order valence-electron chi connectivity index (χ0n) is 12.9. The van der Waals surface area contributed by atoms with Gasteiger partial charge in [0.1, 0.15) is 12.4 Å². The highest BCUT2D eigenvalue weighted by Crippen LogP contribution is 2.24. The molecule has 2 aromatic rings. The summed E-state index contributed by atoms with van der Waals surface area (Å²) in [6.45, 7) is 4.49. The number of anilines is 1. The lowest BCUT2D eigenvalue weighted by Gasteiger charge is -2.14. The van der Waals surface area contributed by atoms with Crippen LogP contribution in [0.25, 0.3) is 0 Å². The third-order valence-corrected chi connectivity index (χ3v) is 3.93. The van der Waals surface area contributed by atoms with Gasteiger partial charge in [-0.1, -0.05) is 17.7 Å². The molecule has 0 radical (unpaired) electrons. The minimum atomic E-state index is -0.242. The van der Waals surface area contributed by atoms with Gasteiger partial charge in [-0.25, -0.2) is 4.79 Å². The molecule has 0 unspecified atom stereocenters. The van der Waals surface area contributed by atoms with Crippen molar-refractivity contribution in [3.05, 3.63) is 56.7 Å². The van der Waals surface area contributed by atoms with Gasteiger partial charge in [-0.2, -0.15) is 0 Å². The van der Waals surface area contributed by atoms with Crippen molar-refractivity contribution < 1.29 is 9.53 Å². The molecule has 0 aliphatic heterocycles. The van der Waals surface area contributed by atoms with Gasteiger partial charge in [0.05, 0.1) is 0 Å². The Kier molecular flexibility index (Phi) is 5.65. The minimum absolute atomic E-state index is 0.242. The number of urea groups is 1. The van der Waals surface area contributed by atoms with Gasteiger partial charge >= 0.3 is 6.03 Å². The summed E-state index contributed by atoms with van der Waals surface area (Å²) in [5.74, 6) is 0.857. The average molecular weight is 410 g/mol. The molecule has 116 valence electrons. The van der Waals surface area contributed by atoms with E-state index in [0.29, 0.717) is 6.61 Å². The van der Waals surface area contributed by atoms with E-state index in [1.54, 1.807) is 7.05 Å². The normalized spacial score (nSPS) is 10.2. The van der Waals surface area contributed by atoms with Crippen molar-refractivity contribution >= 4 is 34.3 Å². The highest BCUT2D eigenvalue weighted by atomic mass is 127. The van der Waals surface area contributed by atoms with Gasteiger partial charge in [-0.3, -0.25) is 0 Å². The summed E-state index contributed by atoms with van der Waals surface area (Å²) in [5.41, 5.74) is 4.01. The number of carbonyl (C=O) groups is 1. The highest BCUT2D eigenvalue weighted by Gasteiger charge is 2.08. The van der Waals surface area contributed by atoms with Crippen LogP contribution in [0.1, 0.15) is 16.7 Å². The Labute approximate surface area is 144 Å². The highest BCUT2D eigenvalue weighted by molar-refractivity contribution is 14.1. The lowest BCUT2D eigenvalue weighted by Crippen LogP contribution is -2.25. The molecule has 0 saturated heterocycles. The van der Waals surface area contributed by atoms with Crippen molar-refractivity contribution in [2.75, 3.05) is 12.4 Å². The summed E-state index contributed by atoms with van der Waals surface area (Å²) in [6.07, 6.45) is 0. The molecular weight excluding hydrogens is 391 g/mol. The number of aryl methyl sites for hydroxylation is 2. The van der Waals surface area contributed by atoms with Crippen molar-refractivity contribution in [2.45, 2.75) is 20.5 Å². The third kappa shape index (κ3) is 4.37. The predicted molar refractivity (Wildman–Crippen MR) is 97.5 cm³/mol. The van der Waals surface area contributed by atoms with Crippen molar-refractivity contribution in [3.63, 3.8) is 0 Å². The summed E-state index contributed by atoms with van der Waals surface area (Å²) < 4.78 is 7.01. The molecule has 2 N–H and O–H groups in total. The van der Waals surface area contributed by atoms with Gasteiger partial charge < -0.3 is 15.4 Å². The standard InChI is InChI=1S/C17H19IN2O2/c1-11-4-7-16(12(2)8-11)22-10-13-9-14(18)5-6-15(13)20-17(21)19-3/h4-9H,10H2,1-3H3,(H2,19,20,21). The second-order valence-electron chi connectivity index (χ2n) is 5.06. The first kappa shape index (κ1) is 16.6. The predicted octanol–water partition coefficient (Wildman–Crippen LogP) is 4.24. The monoisotopic (exact) mass is 410 g/mol. The summed E-state index contributed by atoms with van der Waals surface area (Å²) >= 11 is 2.25. The van der Waals surface area contributed by atoms with Gasteiger partial charge in [0, 0.05) is 21.9 Å². The van der Waals surface area contributed by atoms with Crippen LogP contribution in [-0.4, -0.2) is 13.1 Å². The zero-order valence-corrected chi connectivity index (χ0v) is 15.0. The molecule has 4 nitrogen and oxygen atoms in total. The molecular formula is C17H19IN2O2. The molecule has 0 fully saturated rings. The number of hydrogen-bond acceptors (Lipinski definition) is 2. The molecule has 0 spiro atoms. The lowest BCUT2D eigenvalue weighted by molar-refractivity contribution is 0.254. The molecule has 0 aliphatic rings. The van der Waals surface area contributed by atoms with E-state index in [1.807, 2.05) is 37.3 Å². The fourth-order valence-electron chi connectivity index (χ4n) is 2.11. The maximum atomic E-state index is 11.5. The fourth-order valence-corrected chi connectivity index (χ4v) is 2.66. The van der Waals surface area contributed by atoms with E-state index in [2.05, 4.69) is 46.2 Å². The van der Waals surface area contributed by atoms with Crippen LogP contribution >= 0.6 is 22.6 Å². The van der Waals surface area contributed by atoms with E-state index in [9.17, 15) is 4.79 Å². The summed E-state index contributed by atoms with van der Waals surface area (Å²) in [4.78, 5) is 11.5. The first-order chi connectivity index (χ1) is 10.5. The topological polar surface area (TPSA) is 50.4 Å². The molecule has 5 heteroatoms. The maximum absolute atomic E-state index is 11.5. The van der Waals surface area contributed by atoms with E-state index >= 15 is 0 Å². The number of rotatable bonds is 4. The number of amides is 2. The van der Waals surface area contributed by atoms with E-state index in [1.165, 1.54) is 5.56 Å². The van der Waals surface area contributed by atoms with Crippen molar-refractivity contribution in [1.82, 2.24) is 5.32 Å². The molecule has 22 heavy (non-hydrogen) atoms. The molecule has 2 rings (SSSR count). The van der Waals surface area contributed by atoms with E-state index in [4.69, 9.17) is 4.74 Å². The largest absolute Gasteiger partial charge is 0.489 e. The number of ether oxygens (including phenoxy) is 1. The maximum Gasteiger partial charge on any atom is 0.318 e. The van der Waals surface area contributed by atoms with Gasteiger partial charge in [0.15, 0.2) is 0 Å². The SMILES string of the molecule is CNC(=O)Nc1ccc(I)cc1COc1ccc(C)cc1C. The Morgan fingerprint density at radius 2 is 1.95 bits per heavy atom. The number of nitrogens with one attached hydrogen (secondary N) is 2. The third-order valence-electron chi connectivity index (χ3n) is 3.26. The Hall–Kier alpha value is -1.76. The Morgan fingerprint density at radius 3 is 2.64 bits per heavy atom. The van der Waals surface area contributed by atoms with Gasteiger partial charge in [-0.15, -0.1) is 0 Å². The van der Waals surface area contributed by atoms with Crippen molar-refractivity contribution in [2.24, 2.45) is 0 Å². The molecule has 0 bridgehead atoms. The molecule has 0 aromatic heterocycles. The quantitative estimate of drug-likeness (QED) is 0.741. The second-order valence-corrected chi connectivity index (χ2v) is 6.31. The van der Waals surface area contributed by atoms with Gasteiger partial charge in [0.25, 0.3) is 0 Å². The molecule has 0 heterocycles. The van der Waals surface area contributed by atoms with Gasteiger partial charge in [0.2, 0.25) is 0 Å². The second kappa shape index (κ2) is 7.49. The van der Waals surface area contributed by atoms with Crippen LogP contribution in [0.15, 0.2) is 36.4 Å². The number of halogens is 1. The van der Waals surface area contributed by atoms with E-state index in [-0.39, 0.29) is 6.03 Å². The number of hydrogen-bond donors (Lipinski definition) is 2. The van der Waals surface area contributed by atoms with Crippen LogP contribution in [-0.2, 0) is 6.61 Å². The Morgan fingerprint density at radius 1 is 1.18 bits per heavy atom. The molecule has 0 aliphatic carbocycles. The molecule has 0 saturated carbocycles. The summed E-state index contributed by atoms with van der Waals surface area (Å²) in [5, 5.41) is 5.37. The van der Waals surface area contributed by atoms with Crippen LogP contribution in [0.3, 0.4) is 0 Å². The summed E-state index contributed by atoms with van der Waals surface area (Å²) in [7, 11) is 1.59. The molecule has 2 amide bonds. The van der Waals surface area contributed by atoms with Crippen LogP contribution in [0.5, 0.6) is 5.75 Å². The minimum Gasteiger partial charge on any atom is -0.489 e. The Balaban J connectivity index is 2.17. The van der Waals surface area contributed by atoms with Gasteiger partial charge in [-0.05, 0) is 66.3 Å².